The van der Waals surface area contributed by atoms with Gasteiger partial charge in [0.05, 0.1) is 0 Å². The smallest absolute Gasteiger partial charge is 0.242 e. The lowest BCUT2D eigenvalue weighted by molar-refractivity contribution is -0.115. The molecule has 2 fully saturated rings. The first-order valence-corrected chi connectivity index (χ1v) is 11.6. The number of hydrogen-bond donors (Lipinski definition) is 1. The number of thioether (sulfide) groups is 1. The maximum absolute atomic E-state index is 13.4. The molecule has 6 nitrogen and oxygen atoms in total. The number of ketones is 1. The molecule has 1 amide bonds. The van der Waals surface area contributed by atoms with Crippen LogP contribution in [-0.2, 0) is 4.79 Å². The molecule has 31 heavy (non-hydrogen) atoms. The fourth-order valence-corrected chi connectivity index (χ4v) is 4.81. The summed E-state index contributed by atoms with van der Waals surface area (Å²) in [5.41, 5.74) is 2.09. The van der Waals surface area contributed by atoms with Gasteiger partial charge in [-0.2, -0.15) is 0 Å². The van der Waals surface area contributed by atoms with Crippen LogP contribution < -0.4 is 5.32 Å². The summed E-state index contributed by atoms with van der Waals surface area (Å²) in [4.78, 5) is 25.1. The van der Waals surface area contributed by atoms with Crippen molar-refractivity contribution in [2.45, 2.75) is 55.0 Å². The molecule has 0 bridgehead atoms. The predicted octanol–water partition coefficient (Wildman–Crippen LogP) is 5.17. The molecular formula is C24H24N4O2S. The second-order valence-corrected chi connectivity index (χ2v) is 9.32. The maximum Gasteiger partial charge on any atom is 0.242 e. The van der Waals surface area contributed by atoms with E-state index in [1.54, 1.807) is 24.3 Å². The topological polar surface area (TPSA) is 76.9 Å². The number of aromatic nitrogens is 3. The lowest BCUT2D eigenvalue weighted by atomic mass is 10.1. The molecule has 0 saturated heterocycles. The summed E-state index contributed by atoms with van der Waals surface area (Å²) < 4.78 is 2.27. The molecule has 0 aliphatic heterocycles. The van der Waals surface area contributed by atoms with Gasteiger partial charge in [-0.3, -0.25) is 9.59 Å². The quantitative estimate of drug-likeness (QED) is 0.393. The Bertz CT molecular complexity index is 1120. The Kier molecular flexibility index (Phi) is 5.36. The number of carbonyl (C=O) groups excluding carboxylic acids is 2. The van der Waals surface area contributed by atoms with Crippen LogP contribution in [0.25, 0.3) is 0 Å². The summed E-state index contributed by atoms with van der Waals surface area (Å²) in [6.07, 6.45) is 4.63. The van der Waals surface area contributed by atoms with Crippen molar-refractivity contribution in [1.82, 2.24) is 14.8 Å². The van der Waals surface area contributed by atoms with Crippen molar-refractivity contribution in [1.29, 1.82) is 0 Å². The molecule has 1 aromatic heterocycles. The number of anilines is 1. The molecule has 2 aromatic carbocycles. The molecular weight excluding hydrogens is 408 g/mol. The van der Waals surface area contributed by atoms with Crippen molar-refractivity contribution in [2.24, 2.45) is 0 Å². The second-order valence-electron chi connectivity index (χ2n) is 8.25. The molecule has 2 aliphatic rings. The second kappa shape index (κ2) is 8.30. The number of amides is 1. The van der Waals surface area contributed by atoms with Crippen molar-refractivity contribution in [3.05, 3.63) is 71.5 Å². The van der Waals surface area contributed by atoms with E-state index in [0.29, 0.717) is 23.2 Å². The van der Waals surface area contributed by atoms with E-state index < -0.39 is 5.25 Å². The fourth-order valence-electron chi connectivity index (χ4n) is 3.69. The molecule has 158 valence electrons. The predicted molar refractivity (Wildman–Crippen MR) is 120 cm³/mol. The minimum Gasteiger partial charge on any atom is -0.325 e. The fraction of sp³-hybridized carbons (Fsp3) is 0.333. The number of benzene rings is 2. The number of hydrogen-bond acceptors (Lipinski definition) is 5. The minimum atomic E-state index is -0.476. The molecule has 2 saturated carbocycles. The Balaban J connectivity index is 1.44. The summed E-state index contributed by atoms with van der Waals surface area (Å²) >= 11 is 1.45. The van der Waals surface area contributed by atoms with Gasteiger partial charge in [-0.05, 0) is 50.3 Å². The van der Waals surface area contributed by atoms with E-state index >= 15 is 0 Å². The third-order valence-electron chi connectivity index (χ3n) is 5.65. The lowest BCUT2D eigenvalue weighted by Crippen LogP contribution is -2.20. The van der Waals surface area contributed by atoms with E-state index in [1.165, 1.54) is 31.5 Å². The van der Waals surface area contributed by atoms with Crippen molar-refractivity contribution in [2.75, 3.05) is 5.32 Å². The standard InChI is InChI=1S/C24H24N4O2S/c1-15(29)18-8-5-9-19(14-18)25-23(30)21(16-6-3-2-4-7-16)31-24-27-26-22(17-10-11-17)28(24)20-12-13-20/h2-9,14,17,20-21H,10-13H2,1H3,(H,25,30). The van der Waals surface area contributed by atoms with Crippen LogP contribution in [0, 0.1) is 0 Å². The van der Waals surface area contributed by atoms with Crippen LogP contribution in [0.3, 0.4) is 0 Å². The van der Waals surface area contributed by atoms with E-state index in [2.05, 4.69) is 20.1 Å². The number of nitrogens with one attached hydrogen (secondary N) is 1. The summed E-state index contributed by atoms with van der Waals surface area (Å²) in [6.45, 7) is 1.52. The Morgan fingerprint density at radius 3 is 2.48 bits per heavy atom. The Morgan fingerprint density at radius 1 is 1.03 bits per heavy atom. The van der Waals surface area contributed by atoms with Crippen molar-refractivity contribution >= 4 is 29.1 Å². The third kappa shape index (κ3) is 4.42. The van der Waals surface area contributed by atoms with E-state index in [-0.39, 0.29) is 11.7 Å². The van der Waals surface area contributed by atoms with Crippen molar-refractivity contribution < 1.29 is 9.59 Å². The zero-order valence-corrected chi connectivity index (χ0v) is 18.1. The van der Waals surface area contributed by atoms with Crippen molar-refractivity contribution in [3.8, 4) is 0 Å². The lowest BCUT2D eigenvalue weighted by Gasteiger charge is -2.18. The van der Waals surface area contributed by atoms with Gasteiger partial charge in [0.15, 0.2) is 10.9 Å². The van der Waals surface area contributed by atoms with Gasteiger partial charge in [0.1, 0.15) is 11.1 Å². The van der Waals surface area contributed by atoms with Crippen LogP contribution in [0.15, 0.2) is 59.8 Å². The molecule has 1 heterocycles. The first-order chi connectivity index (χ1) is 15.1. The highest BCUT2D eigenvalue weighted by Crippen LogP contribution is 2.47. The van der Waals surface area contributed by atoms with E-state index in [9.17, 15) is 9.59 Å². The summed E-state index contributed by atoms with van der Waals surface area (Å²) in [5, 5.41) is 12.3. The van der Waals surface area contributed by atoms with E-state index in [0.717, 1.165) is 29.4 Å². The molecule has 1 atom stereocenters. The monoisotopic (exact) mass is 432 g/mol. The highest BCUT2D eigenvalue weighted by molar-refractivity contribution is 8.00. The van der Waals surface area contributed by atoms with Crippen LogP contribution in [0.4, 0.5) is 5.69 Å². The number of nitrogens with zero attached hydrogens (tertiary/aromatic N) is 3. The normalized spacial score (nSPS) is 16.7. The van der Waals surface area contributed by atoms with Gasteiger partial charge in [0, 0.05) is 23.2 Å². The summed E-state index contributed by atoms with van der Waals surface area (Å²) in [6, 6.07) is 17.2. The number of Topliss-reactive ketones (excluding diaryl/α,β-unsaturated/α-hetero) is 1. The zero-order valence-electron chi connectivity index (χ0n) is 17.3. The van der Waals surface area contributed by atoms with Crippen LogP contribution >= 0.6 is 11.8 Å². The molecule has 2 aliphatic carbocycles. The Morgan fingerprint density at radius 2 is 1.81 bits per heavy atom. The van der Waals surface area contributed by atoms with E-state index in [1.807, 2.05) is 30.3 Å². The average Bonchev–Trinajstić information content (AvgIpc) is 3.71. The van der Waals surface area contributed by atoms with Gasteiger partial charge in [0.25, 0.3) is 0 Å². The van der Waals surface area contributed by atoms with Gasteiger partial charge >= 0.3 is 0 Å². The molecule has 7 heteroatoms. The SMILES string of the molecule is CC(=O)c1cccc(NC(=O)C(Sc2nnc(C3CC3)n2C2CC2)c2ccccc2)c1. The number of rotatable bonds is 8. The average molecular weight is 433 g/mol. The van der Waals surface area contributed by atoms with Gasteiger partial charge in [-0.1, -0.05) is 54.2 Å². The van der Waals surface area contributed by atoms with Gasteiger partial charge in [-0.25, -0.2) is 0 Å². The van der Waals surface area contributed by atoms with Crippen LogP contribution in [0.5, 0.6) is 0 Å². The van der Waals surface area contributed by atoms with Crippen molar-refractivity contribution in [3.63, 3.8) is 0 Å². The molecule has 5 rings (SSSR count). The van der Waals surface area contributed by atoms with Crippen LogP contribution in [0.2, 0.25) is 0 Å². The zero-order chi connectivity index (χ0) is 21.4. The first kappa shape index (κ1) is 20.0. The summed E-state index contributed by atoms with van der Waals surface area (Å²) in [5.74, 6) is 1.41. The highest BCUT2D eigenvalue weighted by Gasteiger charge is 2.37. The number of carbonyl (C=O) groups is 2. The third-order valence-corrected chi connectivity index (χ3v) is 6.86. The molecule has 3 aromatic rings. The van der Waals surface area contributed by atoms with Crippen LogP contribution in [0.1, 0.15) is 71.6 Å². The van der Waals surface area contributed by atoms with Crippen LogP contribution in [-0.4, -0.2) is 26.5 Å². The minimum absolute atomic E-state index is 0.0322. The molecule has 1 unspecified atom stereocenters. The molecule has 0 radical (unpaired) electrons. The molecule has 0 spiro atoms. The van der Waals surface area contributed by atoms with Gasteiger partial charge in [-0.15, -0.1) is 10.2 Å². The first-order valence-electron chi connectivity index (χ1n) is 10.7. The Hall–Kier alpha value is -2.93. The maximum atomic E-state index is 13.4. The largest absolute Gasteiger partial charge is 0.325 e. The summed E-state index contributed by atoms with van der Waals surface area (Å²) in [7, 11) is 0. The molecule has 1 N–H and O–H groups in total. The Labute approximate surface area is 185 Å². The van der Waals surface area contributed by atoms with E-state index in [4.69, 9.17) is 0 Å². The van der Waals surface area contributed by atoms with Gasteiger partial charge < -0.3 is 9.88 Å². The highest BCUT2D eigenvalue weighted by atomic mass is 32.2. The van der Waals surface area contributed by atoms with Gasteiger partial charge in [0.2, 0.25) is 5.91 Å².